The maximum atomic E-state index is 12.9. The normalized spacial score (nSPS) is 15.1. The molecule has 138 valence electrons. The summed E-state index contributed by atoms with van der Waals surface area (Å²) in [4.78, 5) is 19.6. The molecular formula is C20H24FN3OS. The summed E-state index contributed by atoms with van der Waals surface area (Å²) in [7, 11) is 0. The van der Waals surface area contributed by atoms with Crippen LogP contribution >= 0.6 is 11.8 Å². The fourth-order valence-corrected chi connectivity index (χ4v) is 3.84. The van der Waals surface area contributed by atoms with Crippen molar-refractivity contribution in [2.24, 2.45) is 5.92 Å². The molecule has 0 atom stereocenters. The topological polar surface area (TPSA) is 45.2 Å². The third-order valence-electron chi connectivity index (χ3n) is 4.63. The number of nitrogens with one attached hydrogen (secondary N) is 1. The van der Waals surface area contributed by atoms with Crippen molar-refractivity contribution < 1.29 is 9.18 Å². The summed E-state index contributed by atoms with van der Waals surface area (Å²) in [6, 6.07) is 10.4. The number of halogens is 1. The number of nitrogens with zero attached hydrogens (tertiary/aromatic N) is 2. The lowest BCUT2D eigenvalue weighted by Gasteiger charge is -2.33. The predicted molar refractivity (Wildman–Crippen MR) is 104 cm³/mol. The number of anilines is 1. The van der Waals surface area contributed by atoms with E-state index in [-0.39, 0.29) is 11.7 Å². The van der Waals surface area contributed by atoms with Crippen LogP contribution in [0.1, 0.15) is 18.5 Å². The van der Waals surface area contributed by atoms with Gasteiger partial charge in [-0.2, -0.15) is 0 Å². The van der Waals surface area contributed by atoms with Gasteiger partial charge in [-0.25, -0.2) is 4.39 Å². The zero-order chi connectivity index (χ0) is 18.4. The molecule has 4 nitrogen and oxygen atoms in total. The molecule has 0 bridgehead atoms. The monoisotopic (exact) mass is 373 g/mol. The SMILES string of the molecule is Cc1cc(N2CCC(CNC(=O)CSc3ccc(F)cc3)CC2)ccn1. The Labute approximate surface area is 158 Å². The molecule has 1 aromatic carbocycles. The van der Waals surface area contributed by atoms with Crippen molar-refractivity contribution in [2.75, 3.05) is 30.3 Å². The standard InChI is InChI=1S/C20H24FN3OS/c1-15-12-18(6-9-22-15)24-10-7-16(8-11-24)13-23-20(25)14-26-19-4-2-17(21)3-5-19/h2-6,9,12,16H,7-8,10-11,13-14H2,1H3,(H,23,25). The Kier molecular flexibility index (Phi) is 6.50. The van der Waals surface area contributed by atoms with Crippen LogP contribution in [0.25, 0.3) is 0 Å². The Balaban J connectivity index is 1.36. The lowest BCUT2D eigenvalue weighted by atomic mass is 9.96. The second-order valence-electron chi connectivity index (χ2n) is 6.63. The minimum atomic E-state index is -0.257. The highest BCUT2D eigenvalue weighted by atomic mass is 32.2. The molecule has 2 aromatic rings. The van der Waals surface area contributed by atoms with Crippen molar-refractivity contribution in [3.05, 3.63) is 54.1 Å². The van der Waals surface area contributed by atoms with Crippen molar-refractivity contribution in [1.29, 1.82) is 0 Å². The maximum Gasteiger partial charge on any atom is 0.230 e. The summed E-state index contributed by atoms with van der Waals surface area (Å²) in [5.41, 5.74) is 2.27. The molecule has 1 saturated heterocycles. The smallest absolute Gasteiger partial charge is 0.230 e. The highest BCUT2D eigenvalue weighted by molar-refractivity contribution is 8.00. The van der Waals surface area contributed by atoms with E-state index in [1.54, 1.807) is 12.1 Å². The number of benzene rings is 1. The van der Waals surface area contributed by atoms with Crippen molar-refractivity contribution in [1.82, 2.24) is 10.3 Å². The number of aromatic nitrogens is 1. The van der Waals surface area contributed by atoms with Crippen LogP contribution in [0, 0.1) is 18.7 Å². The predicted octanol–water partition coefficient (Wildman–Crippen LogP) is 3.65. The van der Waals surface area contributed by atoms with Crippen LogP contribution in [0.5, 0.6) is 0 Å². The number of piperidine rings is 1. The number of hydrogen-bond donors (Lipinski definition) is 1. The molecule has 1 aliphatic heterocycles. The van der Waals surface area contributed by atoms with E-state index in [0.29, 0.717) is 11.7 Å². The first-order chi connectivity index (χ1) is 12.6. The van der Waals surface area contributed by atoms with Gasteiger partial charge in [0.25, 0.3) is 0 Å². The van der Waals surface area contributed by atoms with Crippen LogP contribution in [0.2, 0.25) is 0 Å². The highest BCUT2D eigenvalue weighted by Crippen LogP contribution is 2.23. The molecule has 0 unspecified atom stereocenters. The van der Waals surface area contributed by atoms with Crippen LogP contribution in [0.4, 0.5) is 10.1 Å². The lowest BCUT2D eigenvalue weighted by Crippen LogP contribution is -2.39. The second kappa shape index (κ2) is 9.03. The molecule has 1 N–H and O–H groups in total. The number of hydrogen-bond acceptors (Lipinski definition) is 4. The zero-order valence-electron chi connectivity index (χ0n) is 15.0. The molecule has 1 aromatic heterocycles. The lowest BCUT2D eigenvalue weighted by molar-refractivity contribution is -0.118. The average molecular weight is 373 g/mol. The largest absolute Gasteiger partial charge is 0.371 e. The second-order valence-corrected chi connectivity index (χ2v) is 7.68. The van der Waals surface area contributed by atoms with Gasteiger partial charge in [-0.05, 0) is 62.1 Å². The first-order valence-corrected chi connectivity index (χ1v) is 9.91. The van der Waals surface area contributed by atoms with E-state index >= 15 is 0 Å². The minimum Gasteiger partial charge on any atom is -0.371 e. The van der Waals surface area contributed by atoms with Crippen LogP contribution < -0.4 is 10.2 Å². The summed E-state index contributed by atoms with van der Waals surface area (Å²) >= 11 is 1.43. The maximum absolute atomic E-state index is 12.9. The Morgan fingerprint density at radius 1 is 1.27 bits per heavy atom. The summed E-state index contributed by atoms with van der Waals surface area (Å²) in [6.07, 6.45) is 4.01. The molecule has 2 heterocycles. The Morgan fingerprint density at radius 2 is 2.00 bits per heavy atom. The molecule has 6 heteroatoms. The number of aryl methyl sites for hydroxylation is 1. The van der Waals surface area contributed by atoms with Gasteiger partial charge in [0, 0.05) is 42.1 Å². The number of carbonyl (C=O) groups excluding carboxylic acids is 1. The zero-order valence-corrected chi connectivity index (χ0v) is 15.8. The Morgan fingerprint density at radius 3 is 2.69 bits per heavy atom. The molecule has 0 spiro atoms. The quantitative estimate of drug-likeness (QED) is 0.785. The van der Waals surface area contributed by atoms with Gasteiger partial charge < -0.3 is 10.2 Å². The number of rotatable bonds is 6. The molecule has 0 radical (unpaired) electrons. The van der Waals surface area contributed by atoms with Crippen molar-refractivity contribution >= 4 is 23.4 Å². The van der Waals surface area contributed by atoms with Gasteiger partial charge in [0.05, 0.1) is 5.75 Å². The van der Waals surface area contributed by atoms with Crippen LogP contribution in [0.3, 0.4) is 0 Å². The minimum absolute atomic E-state index is 0.0338. The third-order valence-corrected chi connectivity index (χ3v) is 5.64. The molecular weight excluding hydrogens is 349 g/mol. The van der Waals surface area contributed by atoms with E-state index in [0.717, 1.165) is 43.1 Å². The molecule has 1 fully saturated rings. The van der Waals surface area contributed by atoms with Crippen LogP contribution in [0.15, 0.2) is 47.5 Å². The van der Waals surface area contributed by atoms with E-state index in [4.69, 9.17) is 0 Å². The fraction of sp³-hybridized carbons (Fsp3) is 0.400. The van der Waals surface area contributed by atoms with E-state index in [9.17, 15) is 9.18 Å². The van der Waals surface area contributed by atoms with Gasteiger partial charge in [0.15, 0.2) is 0 Å². The van der Waals surface area contributed by atoms with Gasteiger partial charge in [0.1, 0.15) is 5.82 Å². The summed E-state index contributed by atoms with van der Waals surface area (Å²) in [5, 5.41) is 3.04. The Hall–Kier alpha value is -2.08. The first kappa shape index (κ1) is 18.7. The van der Waals surface area contributed by atoms with Gasteiger partial charge in [0.2, 0.25) is 5.91 Å². The molecule has 1 amide bonds. The van der Waals surface area contributed by atoms with E-state index < -0.39 is 0 Å². The van der Waals surface area contributed by atoms with Gasteiger partial charge >= 0.3 is 0 Å². The van der Waals surface area contributed by atoms with Gasteiger partial charge in [-0.1, -0.05) is 0 Å². The van der Waals surface area contributed by atoms with E-state index in [1.807, 2.05) is 13.1 Å². The van der Waals surface area contributed by atoms with Crippen LogP contribution in [-0.4, -0.2) is 36.3 Å². The van der Waals surface area contributed by atoms with Crippen molar-refractivity contribution in [3.63, 3.8) is 0 Å². The number of thioether (sulfide) groups is 1. The highest BCUT2D eigenvalue weighted by Gasteiger charge is 2.20. The molecule has 26 heavy (non-hydrogen) atoms. The molecule has 0 saturated carbocycles. The number of amides is 1. The van der Waals surface area contributed by atoms with Gasteiger partial charge in [-0.3, -0.25) is 9.78 Å². The molecule has 0 aliphatic carbocycles. The number of carbonyl (C=O) groups is 1. The summed E-state index contributed by atoms with van der Waals surface area (Å²) < 4.78 is 12.9. The summed E-state index contributed by atoms with van der Waals surface area (Å²) in [5.74, 6) is 0.661. The summed E-state index contributed by atoms with van der Waals surface area (Å²) in [6.45, 7) is 4.75. The third kappa shape index (κ3) is 5.46. The fourth-order valence-electron chi connectivity index (χ4n) is 3.11. The van der Waals surface area contributed by atoms with Crippen molar-refractivity contribution in [3.8, 4) is 0 Å². The van der Waals surface area contributed by atoms with E-state index in [2.05, 4.69) is 27.3 Å². The average Bonchev–Trinajstić information content (AvgIpc) is 2.66. The van der Waals surface area contributed by atoms with Gasteiger partial charge in [-0.15, -0.1) is 11.8 Å². The Bertz CT molecular complexity index is 730. The van der Waals surface area contributed by atoms with E-state index in [1.165, 1.54) is 29.6 Å². The molecule has 3 rings (SSSR count). The van der Waals surface area contributed by atoms with Crippen LogP contribution in [-0.2, 0) is 4.79 Å². The number of pyridine rings is 1. The van der Waals surface area contributed by atoms with Crippen molar-refractivity contribution in [2.45, 2.75) is 24.7 Å². The molecule has 1 aliphatic rings. The first-order valence-electron chi connectivity index (χ1n) is 8.93.